The van der Waals surface area contributed by atoms with Crippen molar-refractivity contribution in [2.75, 3.05) is 5.32 Å². The van der Waals surface area contributed by atoms with Gasteiger partial charge in [0.1, 0.15) is 5.82 Å². The molecule has 19 heavy (non-hydrogen) atoms. The summed E-state index contributed by atoms with van der Waals surface area (Å²) in [7, 11) is 0. The molecule has 0 aliphatic heterocycles. The van der Waals surface area contributed by atoms with Gasteiger partial charge in [0, 0.05) is 0 Å². The van der Waals surface area contributed by atoms with Gasteiger partial charge < -0.3 is 11.1 Å². The molecule has 0 bridgehead atoms. The summed E-state index contributed by atoms with van der Waals surface area (Å²) in [5, 5.41) is 10.7. The van der Waals surface area contributed by atoms with Crippen LogP contribution in [-0.4, -0.2) is 21.4 Å². The maximum Gasteiger partial charge on any atom is 0.230 e. The van der Waals surface area contributed by atoms with Crippen molar-refractivity contribution in [2.45, 2.75) is 16.5 Å². The fraction of sp³-hybridized carbons (Fsp3) is 0.182. The number of hydrogen-bond donors (Lipinski definition) is 2. The van der Waals surface area contributed by atoms with Crippen molar-refractivity contribution in [3.63, 3.8) is 0 Å². The molecular formula is C11H11FN4OS2. The third-order valence-corrected chi connectivity index (χ3v) is 4.24. The first-order valence-corrected chi connectivity index (χ1v) is 7.07. The van der Waals surface area contributed by atoms with E-state index in [0.29, 0.717) is 15.2 Å². The Morgan fingerprint density at radius 1 is 1.47 bits per heavy atom. The number of thioether (sulfide) groups is 1. The minimum atomic E-state index is -0.413. The van der Waals surface area contributed by atoms with Crippen LogP contribution in [0.2, 0.25) is 0 Å². The third-order valence-electron chi connectivity index (χ3n) is 2.20. The van der Waals surface area contributed by atoms with Crippen LogP contribution in [-0.2, 0) is 4.79 Å². The van der Waals surface area contributed by atoms with Crippen LogP contribution in [0.15, 0.2) is 28.6 Å². The zero-order chi connectivity index (χ0) is 13.8. The van der Waals surface area contributed by atoms with Gasteiger partial charge in [0.15, 0.2) is 4.34 Å². The Bertz CT molecular complexity index is 590. The summed E-state index contributed by atoms with van der Waals surface area (Å²) in [4.78, 5) is 10.9. The molecule has 1 aromatic carbocycles. The molecule has 3 N–H and O–H groups in total. The quantitative estimate of drug-likeness (QED) is 0.828. The number of nitrogens with zero attached hydrogens (tertiary/aromatic N) is 2. The van der Waals surface area contributed by atoms with Gasteiger partial charge in [0.2, 0.25) is 11.0 Å². The first-order valence-electron chi connectivity index (χ1n) is 5.37. The van der Waals surface area contributed by atoms with Crippen LogP contribution in [0.4, 0.5) is 15.2 Å². The van der Waals surface area contributed by atoms with E-state index in [1.807, 2.05) is 0 Å². The summed E-state index contributed by atoms with van der Waals surface area (Å²) in [6.45, 7) is 1.69. The second-order valence-electron chi connectivity index (χ2n) is 3.64. The number of halogens is 1. The van der Waals surface area contributed by atoms with E-state index in [0.717, 1.165) is 0 Å². The number of aromatic nitrogens is 2. The number of amides is 1. The van der Waals surface area contributed by atoms with Crippen LogP contribution < -0.4 is 11.1 Å². The summed E-state index contributed by atoms with van der Waals surface area (Å²) >= 11 is 2.46. The molecule has 0 saturated carbocycles. The van der Waals surface area contributed by atoms with Crippen LogP contribution in [0.5, 0.6) is 0 Å². The molecule has 0 spiro atoms. The van der Waals surface area contributed by atoms with Gasteiger partial charge in [-0.15, -0.1) is 10.2 Å². The minimum absolute atomic E-state index is 0.332. The Morgan fingerprint density at radius 3 is 2.89 bits per heavy atom. The molecule has 1 amide bonds. The van der Waals surface area contributed by atoms with Crippen molar-refractivity contribution in [3.05, 3.63) is 30.1 Å². The van der Waals surface area contributed by atoms with E-state index in [1.165, 1.54) is 29.2 Å². The van der Waals surface area contributed by atoms with Crippen molar-refractivity contribution in [3.8, 4) is 0 Å². The molecule has 1 unspecified atom stereocenters. The molecule has 100 valence electrons. The van der Waals surface area contributed by atoms with Crippen LogP contribution in [0.25, 0.3) is 0 Å². The van der Waals surface area contributed by atoms with Crippen LogP contribution in [0, 0.1) is 5.82 Å². The van der Waals surface area contributed by atoms with E-state index in [4.69, 9.17) is 5.73 Å². The molecule has 0 radical (unpaired) electrons. The minimum Gasteiger partial charge on any atom is -0.369 e. The molecular weight excluding hydrogens is 287 g/mol. The second kappa shape index (κ2) is 5.98. The molecule has 1 heterocycles. The van der Waals surface area contributed by atoms with Gasteiger partial charge in [0.25, 0.3) is 0 Å². The summed E-state index contributed by atoms with van der Waals surface area (Å²) < 4.78 is 14.0. The molecule has 5 nitrogen and oxygen atoms in total. The van der Waals surface area contributed by atoms with Crippen LogP contribution in [0.3, 0.4) is 0 Å². The largest absolute Gasteiger partial charge is 0.369 e. The lowest BCUT2D eigenvalue weighted by molar-refractivity contribution is -0.117. The number of carbonyl (C=O) groups is 1. The molecule has 2 aromatic rings. The standard InChI is InChI=1S/C11H11FN4OS2/c1-6(9(13)17)18-11-16-15-10(19-11)14-8-5-3-2-4-7(8)12/h2-6H,1H3,(H2,13,17)(H,14,15). The smallest absolute Gasteiger partial charge is 0.230 e. The molecule has 2 rings (SSSR count). The Morgan fingerprint density at radius 2 is 2.21 bits per heavy atom. The third kappa shape index (κ3) is 3.65. The molecule has 0 fully saturated rings. The second-order valence-corrected chi connectivity index (χ2v) is 6.21. The number of para-hydroxylation sites is 1. The van der Waals surface area contributed by atoms with E-state index >= 15 is 0 Å². The lowest BCUT2D eigenvalue weighted by Crippen LogP contribution is -2.22. The Labute approximate surface area is 117 Å². The molecule has 1 atom stereocenters. The van der Waals surface area contributed by atoms with E-state index in [2.05, 4.69) is 15.5 Å². The predicted molar refractivity (Wildman–Crippen MR) is 74.1 cm³/mol. The van der Waals surface area contributed by atoms with Gasteiger partial charge in [-0.1, -0.05) is 35.2 Å². The van der Waals surface area contributed by atoms with Crippen molar-refractivity contribution in [1.82, 2.24) is 10.2 Å². The Hall–Kier alpha value is -1.67. The van der Waals surface area contributed by atoms with Crippen molar-refractivity contribution in [1.29, 1.82) is 0 Å². The van der Waals surface area contributed by atoms with Crippen LogP contribution >= 0.6 is 23.1 Å². The maximum absolute atomic E-state index is 13.4. The number of hydrogen-bond acceptors (Lipinski definition) is 6. The number of anilines is 2. The monoisotopic (exact) mass is 298 g/mol. The Balaban J connectivity index is 2.06. The number of benzene rings is 1. The van der Waals surface area contributed by atoms with Crippen molar-refractivity contribution in [2.24, 2.45) is 5.73 Å². The first kappa shape index (κ1) is 13.8. The van der Waals surface area contributed by atoms with E-state index in [-0.39, 0.29) is 11.1 Å². The Kier molecular flexibility index (Phi) is 4.33. The highest BCUT2D eigenvalue weighted by molar-refractivity contribution is 8.02. The topological polar surface area (TPSA) is 80.9 Å². The van der Waals surface area contributed by atoms with E-state index in [1.54, 1.807) is 25.1 Å². The van der Waals surface area contributed by atoms with Gasteiger partial charge in [-0.3, -0.25) is 4.79 Å². The highest BCUT2D eigenvalue weighted by atomic mass is 32.2. The number of nitrogens with one attached hydrogen (secondary N) is 1. The fourth-order valence-corrected chi connectivity index (χ4v) is 3.05. The van der Waals surface area contributed by atoms with Gasteiger partial charge in [-0.25, -0.2) is 4.39 Å². The molecule has 1 aromatic heterocycles. The zero-order valence-electron chi connectivity index (χ0n) is 9.96. The SMILES string of the molecule is CC(Sc1nnc(Nc2ccccc2F)s1)C(N)=O. The van der Waals surface area contributed by atoms with Crippen molar-refractivity contribution >= 4 is 39.8 Å². The summed E-state index contributed by atoms with van der Waals surface area (Å²) in [5.74, 6) is -0.777. The van der Waals surface area contributed by atoms with Gasteiger partial charge in [-0.05, 0) is 19.1 Å². The summed E-state index contributed by atoms with van der Waals surface area (Å²) in [6, 6.07) is 6.29. The van der Waals surface area contributed by atoms with Gasteiger partial charge in [0.05, 0.1) is 10.9 Å². The maximum atomic E-state index is 13.4. The number of primary amides is 1. The van der Waals surface area contributed by atoms with E-state index < -0.39 is 5.91 Å². The molecule has 8 heteroatoms. The normalized spacial score (nSPS) is 12.1. The lowest BCUT2D eigenvalue weighted by atomic mass is 10.3. The highest BCUT2D eigenvalue weighted by Gasteiger charge is 2.14. The number of carbonyl (C=O) groups excluding carboxylic acids is 1. The lowest BCUT2D eigenvalue weighted by Gasteiger charge is -2.02. The molecule has 0 aliphatic rings. The average molecular weight is 298 g/mol. The molecule has 0 saturated heterocycles. The first-order chi connectivity index (χ1) is 9.06. The number of nitrogens with two attached hydrogens (primary N) is 1. The average Bonchev–Trinajstić information content (AvgIpc) is 2.79. The summed E-state index contributed by atoms with van der Waals surface area (Å²) in [6.07, 6.45) is 0. The van der Waals surface area contributed by atoms with Crippen molar-refractivity contribution < 1.29 is 9.18 Å². The summed E-state index contributed by atoms with van der Waals surface area (Å²) in [5.41, 5.74) is 5.50. The highest BCUT2D eigenvalue weighted by Crippen LogP contribution is 2.30. The van der Waals surface area contributed by atoms with E-state index in [9.17, 15) is 9.18 Å². The van der Waals surface area contributed by atoms with Gasteiger partial charge >= 0.3 is 0 Å². The van der Waals surface area contributed by atoms with Gasteiger partial charge in [-0.2, -0.15) is 0 Å². The fourth-order valence-electron chi connectivity index (χ4n) is 1.19. The predicted octanol–water partition coefficient (Wildman–Crippen LogP) is 2.39. The number of rotatable bonds is 5. The molecule has 0 aliphatic carbocycles. The van der Waals surface area contributed by atoms with Crippen LogP contribution in [0.1, 0.15) is 6.92 Å². The zero-order valence-corrected chi connectivity index (χ0v) is 11.6.